The molecule has 0 aromatic heterocycles. The Morgan fingerprint density at radius 2 is 1.48 bits per heavy atom. The fourth-order valence-corrected chi connectivity index (χ4v) is 3.51. The number of benzene rings is 3. The molecule has 162 valence electrons. The molecule has 0 fully saturated rings. The maximum absolute atomic E-state index is 13.3. The molecule has 3 aromatic carbocycles. The fourth-order valence-electron chi connectivity index (χ4n) is 2.41. The van der Waals surface area contributed by atoms with Crippen molar-refractivity contribution in [3.63, 3.8) is 0 Å². The van der Waals surface area contributed by atoms with E-state index in [1.54, 1.807) is 0 Å². The van der Waals surface area contributed by atoms with Crippen LogP contribution in [-0.2, 0) is 10.0 Å². The van der Waals surface area contributed by atoms with Crippen LogP contribution in [0.5, 0.6) is 5.75 Å². The van der Waals surface area contributed by atoms with E-state index in [-0.39, 0.29) is 22.0 Å². The highest BCUT2D eigenvalue weighted by molar-refractivity contribution is 7.90. The topological polar surface area (TPSA) is 67.8 Å². The number of nitrogens with zero attached hydrogens (tertiary/aromatic N) is 1. The number of sulfonamides is 1. The number of ether oxygens (including phenoxy) is 1. The second-order valence-corrected chi connectivity index (χ2v) is 8.11. The lowest BCUT2D eigenvalue weighted by atomic mass is 10.2. The third kappa shape index (κ3) is 6.43. The maximum Gasteiger partial charge on any atom is 0.573 e. The number of anilines is 1. The minimum absolute atomic E-state index is 0.132. The lowest BCUT2D eigenvalue weighted by molar-refractivity contribution is -0.274. The van der Waals surface area contributed by atoms with E-state index >= 15 is 0 Å². The van der Waals surface area contributed by atoms with Gasteiger partial charge < -0.3 is 10.1 Å². The van der Waals surface area contributed by atoms with Gasteiger partial charge in [-0.2, -0.15) is 8.42 Å². The van der Waals surface area contributed by atoms with Crippen LogP contribution >= 0.6 is 11.6 Å². The SMILES string of the molecule is O=S(=O)(N=C(Nc1ccc(OC(F)(F)F)cc1)c1ccc(F)cc1)c1ccc(Cl)cc1. The second-order valence-electron chi connectivity index (χ2n) is 6.07. The van der Waals surface area contributed by atoms with E-state index in [9.17, 15) is 26.0 Å². The Morgan fingerprint density at radius 3 is 2.03 bits per heavy atom. The Labute approximate surface area is 180 Å². The highest BCUT2D eigenvalue weighted by atomic mass is 35.5. The van der Waals surface area contributed by atoms with Crippen LogP contribution < -0.4 is 10.1 Å². The van der Waals surface area contributed by atoms with Gasteiger partial charge in [0.05, 0.1) is 4.90 Å². The summed E-state index contributed by atoms with van der Waals surface area (Å²) >= 11 is 5.78. The van der Waals surface area contributed by atoms with E-state index in [2.05, 4.69) is 14.5 Å². The largest absolute Gasteiger partial charge is 0.573 e. The second kappa shape index (κ2) is 8.94. The zero-order valence-electron chi connectivity index (χ0n) is 15.4. The van der Waals surface area contributed by atoms with Gasteiger partial charge in [-0.25, -0.2) is 4.39 Å². The first kappa shape index (κ1) is 22.6. The molecular weight excluding hydrogens is 460 g/mol. The van der Waals surface area contributed by atoms with Gasteiger partial charge in [0.2, 0.25) is 0 Å². The van der Waals surface area contributed by atoms with Gasteiger partial charge in [-0.1, -0.05) is 11.6 Å². The van der Waals surface area contributed by atoms with Crippen LogP contribution in [0.25, 0.3) is 0 Å². The van der Waals surface area contributed by atoms with Crippen LogP contribution in [0.4, 0.5) is 23.2 Å². The van der Waals surface area contributed by atoms with Crippen molar-refractivity contribution in [1.29, 1.82) is 0 Å². The first-order valence-corrected chi connectivity index (χ1v) is 10.3. The molecule has 0 spiro atoms. The molecular formula is C20H13ClF4N2O3S. The van der Waals surface area contributed by atoms with Gasteiger partial charge in [-0.3, -0.25) is 0 Å². The van der Waals surface area contributed by atoms with Gasteiger partial charge in [-0.15, -0.1) is 17.6 Å². The zero-order chi connectivity index (χ0) is 22.6. The fraction of sp³-hybridized carbons (Fsp3) is 0.0500. The Kier molecular flexibility index (Phi) is 6.51. The van der Waals surface area contributed by atoms with Crippen LogP contribution in [0.15, 0.2) is 82.1 Å². The highest BCUT2D eigenvalue weighted by Crippen LogP contribution is 2.25. The molecule has 0 aliphatic rings. The summed E-state index contributed by atoms with van der Waals surface area (Å²) in [5.74, 6) is -1.16. The third-order valence-corrected chi connectivity index (χ3v) is 5.33. The van der Waals surface area contributed by atoms with Crippen LogP contribution in [-0.4, -0.2) is 20.6 Å². The van der Waals surface area contributed by atoms with Crippen LogP contribution in [0.1, 0.15) is 5.56 Å². The van der Waals surface area contributed by atoms with Crippen molar-refractivity contribution in [3.05, 3.63) is 89.2 Å². The molecule has 0 heterocycles. The molecule has 5 nitrogen and oxygen atoms in total. The smallest absolute Gasteiger partial charge is 0.406 e. The van der Waals surface area contributed by atoms with Gasteiger partial charge in [0.1, 0.15) is 11.6 Å². The van der Waals surface area contributed by atoms with Crippen LogP contribution in [0, 0.1) is 5.82 Å². The minimum Gasteiger partial charge on any atom is -0.406 e. The quantitative estimate of drug-likeness (QED) is 0.297. The summed E-state index contributed by atoms with van der Waals surface area (Å²) in [7, 11) is -4.19. The number of rotatable bonds is 5. The lowest BCUT2D eigenvalue weighted by Gasteiger charge is -2.12. The Hall–Kier alpha value is -3.11. The summed E-state index contributed by atoms with van der Waals surface area (Å²) in [5.41, 5.74) is 0.457. The van der Waals surface area contributed by atoms with Crippen molar-refractivity contribution in [2.45, 2.75) is 11.3 Å². The molecule has 0 saturated heterocycles. The Bertz CT molecular complexity index is 1180. The minimum atomic E-state index is -4.84. The standard InChI is InChI=1S/C20H13ClF4N2O3S/c21-14-3-11-18(12-4-14)31(28,29)27-19(13-1-5-15(22)6-2-13)26-16-7-9-17(10-8-16)30-20(23,24)25/h1-12H,(H,26,27). The number of amidine groups is 1. The van der Waals surface area contributed by atoms with Gasteiger partial charge in [0.25, 0.3) is 10.0 Å². The first-order valence-electron chi connectivity index (χ1n) is 8.51. The summed E-state index contributed by atoms with van der Waals surface area (Å²) in [4.78, 5) is -0.132. The molecule has 0 aliphatic carbocycles. The summed E-state index contributed by atoms with van der Waals surface area (Å²) in [6, 6.07) is 14.7. The number of halogens is 5. The molecule has 0 saturated carbocycles. The highest BCUT2D eigenvalue weighted by Gasteiger charge is 2.31. The molecule has 31 heavy (non-hydrogen) atoms. The average molecular weight is 473 g/mol. The van der Waals surface area contributed by atoms with Crippen LogP contribution in [0.2, 0.25) is 5.02 Å². The van der Waals surface area contributed by atoms with Crippen molar-refractivity contribution in [1.82, 2.24) is 0 Å². The van der Waals surface area contributed by atoms with Crippen molar-refractivity contribution in [2.75, 3.05) is 5.32 Å². The molecule has 0 atom stereocenters. The van der Waals surface area contributed by atoms with E-state index in [1.807, 2.05) is 0 Å². The van der Waals surface area contributed by atoms with Gasteiger partial charge in [0.15, 0.2) is 5.84 Å². The van der Waals surface area contributed by atoms with E-state index in [0.717, 1.165) is 24.3 Å². The van der Waals surface area contributed by atoms with Gasteiger partial charge in [-0.05, 0) is 72.8 Å². The van der Waals surface area contributed by atoms with E-state index < -0.39 is 28.0 Å². The van der Waals surface area contributed by atoms with Crippen molar-refractivity contribution in [3.8, 4) is 5.75 Å². The molecule has 0 bridgehead atoms. The molecule has 3 rings (SSSR count). The maximum atomic E-state index is 13.3. The van der Waals surface area contributed by atoms with Gasteiger partial charge in [0, 0.05) is 16.3 Å². The monoisotopic (exact) mass is 472 g/mol. The van der Waals surface area contributed by atoms with Crippen LogP contribution in [0.3, 0.4) is 0 Å². The summed E-state index contributed by atoms with van der Waals surface area (Å²) in [6.07, 6.45) is -4.84. The molecule has 0 amide bonds. The first-order chi connectivity index (χ1) is 14.5. The Balaban J connectivity index is 1.96. The van der Waals surface area contributed by atoms with E-state index in [4.69, 9.17) is 11.6 Å². The molecule has 3 aromatic rings. The van der Waals surface area contributed by atoms with E-state index in [1.165, 1.54) is 48.5 Å². The normalized spacial score (nSPS) is 12.5. The molecule has 0 aliphatic heterocycles. The summed E-state index contributed by atoms with van der Waals surface area (Å²) in [6.45, 7) is 0. The molecule has 11 heteroatoms. The molecule has 0 radical (unpaired) electrons. The molecule has 0 unspecified atom stereocenters. The number of hydrogen-bond donors (Lipinski definition) is 1. The van der Waals surface area contributed by atoms with E-state index in [0.29, 0.717) is 5.02 Å². The Morgan fingerprint density at radius 1 is 0.903 bits per heavy atom. The van der Waals surface area contributed by atoms with Crippen molar-refractivity contribution < 1.29 is 30.7 Å². The number of alkyl halides is 3. The lowest BCUT2D eigenvalue weighted by Crippen LogP contribution is -2.18. The summed E-state index contributed by atoms with van der Waals surface area (Å²) in [5, 5.41) is 3.06. The molecule has 1 N–H and O–H groups in total. The van der Waals surface area contributed by atoms with Crippen molar-refractivity contribution in [2.24, 2.45) is 4.40 Å². The number of nitrogens with one attached hydrogen (secondary N) is 1. The van der Waals surface area contributed by atoms with Gasteiger partial charge >= 0.3 is 6.36 Å². The predicted molar refractivity (Wildman–Crippen MR) is 108 cm³/mol. The average Bonchev–Trinajstić information content (AvgIpc) is 2.68. The number of hydrogen-bond acceptors (Lipinski definition) is 3. The third-order valence-electron chi connectivity index (χ3n) is 3.79. The van der Waals surface area contributed by atoms with Crippen molar-refractivity contribution >= 4 is 33.1 Å². The zero-order valence-corrected chi connectivity index (χ0v) is 17.0. The predicted octanol–water partition coefficient (Wildman–Crippen LogP) is 5.63. The summed E-state index contributed by atoms with van der Waals surface area (Å²) < 4.78 is 83.2.